The molecule has 2 aromatic heterocycles. The summed E-state index contributed by atoms with van der Waals surface area (Å²) < 4.78 is 10.9. The van der Waals surface area contributed by atoms with Gasteiger partial charge in [0.25, 0.3) is 11.8 Å². The van der Waals surface area contributed by atoms with Crippen LogP contribution in [0.5, 0.6) is 0 Å². The summed E-state index contributed by atoms with van der Waals surface area (Å²) in [6.07, 6.45) is 5.35. The normalized spacial score (nSPS) is 11.0. The Labute approximate surface area is 161 Å². The summed E-state index contributed by atoms with van der Waals surface area (Å²) in [5.74, 6) is 0.961. The van der Waals surface area contributed by atoms with Crippen molar-refractivity contribution in [3.05, 3.63) is 84.1 Å². The van der Waals surface area contributed by atoms with Gasteiger partial charge >= 0.3 is 0 Å². The first-order chi connectivity index (χ1) is 13.7. The lowest BCUT2D eigenvalue weighted by atomic mass is 10.1. The fraction of sp³-hybridized carbons (Fsp3) is 0.0455. The van der Waals surface area contributed by atoms with E-state index in [9.17, 15) is 4.79 Å². The molecule has 4 rings (SSSR count). The van der Waals surface area contributed by atoms with Crippen LogP contribution in [-0.4, -0.2) is 16.1 Å². The van der Waals surface area contributed by atoms with Gasteiger partial charge in [-0.3, -0.25) is 4.79 Å². The minimum atomic E-state index is -0.187. The van der Waals surface area contributed by atoms with Crippen LogP contribution in [0, 0.1) is 0 Å². The minimum Gasteiger partial charge on any atom is -0.459 e. The number of carbonyl (C=O) groups excluding carboxylic acids is 1. The van der Waals surface area contributed by atoms with Gasteiger partial charge in [0.2, 0.25) is 5.89 Å². The quantitative estimate of drug-likeness (QED) is 0.516. The number of hydrogen-bond acceptors (Lipinski definition) is 5. The smallest absolute Gasteiger partial charge is 0.283 e. The Hall–Kier alpha value is -3.93. The zero-order chi connectivity index (χ0) is 19.3. The molecule has 0 unspecified atom stereocenters. The van der Waals surface area contributed by atoms with E-state index in [2.05, 4.69) is 15.5 Å². The average Bonchev–Trinajstić information content (AvgIpc) is 3.41. The Morgan fingerprint density at radius 1 is 1.00 bits per heavy atom. The summed E-state index contributed by atoms with van der Waals surface area (Å²) >= 11 is 0. The third kappa shape index (κ3) is 3.61. The second-order valence-corrected chi connectivity index (χ2v) is 6.01. The summed E-state index contributed by atoms with van der Waals surface area (Å²) in [6, 6.07) is 18.2. The van der Waals surface area contributed by atoms with Crippen molar-refractivity contribution in [1.29, 1.82) is 0 Å². The molecule has 0 saturated heterocycles. The van der Waals surface area contributed by atoms with Gasteiger partial charge in [0, 0.05) is 16.8 Å². The highest BCUT2D eigenvalue weighted by molar-refractivity contribution is 6.06. The first-order valence-electron chi connectivity index (χ1n) is 8.75. The van der Waals surface area contributed by atoms with Crippen LogP contribution in [0.1, 0.15) is 22.8 Å². The molecular formula is C22H17N3O3. The first-order valence-corrected chi connectivity index (χ1v) is 8.75. The number of nitrogens with zero attached hydrogens (tertiary/aromatic N) is 2. The van der Waals surface area contributed by atoms with Crippen LogP contribution < -0.4 is 5.32 Å². The number of furan rings is 1. The van der Waals surface area contributed by atoms with E-state index in [4.69, 9.17) is 8.83 Å². The highest BCUT2D eigenvalue weighted by atomic mass is 16.4. The summed E-state index contributed by atoms with van der Waals surface area (Å²) in [6.45, 7) is 1.92. The van der Waals surface area contributed by atoms with Gasteiger partial charge in [0.1, 0.15) is 0 Å². The molecule has 138 valence electrons. The molecule has 0 bridgehead atoms. The molecule has 1 N–H and O–H groups in total. The lowest BCUT2D eigenvalue weighted by Crippen LogP contribution is -2.13. The molecule has 2 heterocycles. The molecule has 0 saturated carbocycles. The zero-order valence-corrected chi connectivity index (χ0v) is 15.1. The average molecular weight is 371 g/mol. The SMILES string of the molecule is C/C=C\c1ccccc1C(=O)Nc1cccc(-c2nnc(-c3ccco3)o2)c1. The van der Waals surface area contributed by atoms with Crippen molar-refractivity contribution in [2.24, 2.45) is 0 Å². The summed E-state index contributed by atoms with van der Waals surface area (Å²) in [4.78, 5) is 12.7. The molecule has 1 amide bonds. The Morgan fingerprint density at radius 2 is 1.86 bits per heavy atom. The number of carbonyl (C=O) groups is 1. The lowest BCUT2D eigenvalue weighted by molar-refractivity contribution is 0.102. The number of nitrogens with one attached hydrogen (secondary N) is 1. The Kier molecular flexibility index (Phi) is 4.84. The number of amides is 1. The topological polar surface area (TPSA) is 81.2 Å². The zero-order valence-electron chi connectivity index (χ0n) is 15.1. The molecule has 28 heavy (non-hydrogen) atoms. The van der Waals surface area contributed by atoms with E-state index >= 15 is 0 Å². The molecule has 0 atom stereocenters. The van der Waals surface area contributed by atoms with Crippen LogP contribution in [0.2, 0.25) is 0 Å². The van der Waals surface area contributed by atoms with Gasteiger partial charge in [-0.1, -0.05) is 36.4 Å². The fourth-order valence-electron chi connectivity index (χ4n) is 2.80. The van der Waals surface area contributed by atoms with Crippen molar-refractivity contribution in [3.8, 4) is 23.1 Å². The van der Waals surface area contributed by atoms with Crippen LogP contribution in [0.25, 0.3) is 29.2 Å². The van der Waals surface area contributed by atoms with Crippen molar-refractivity contribution in [1.82, 2.24) is 10.2 Å². The number of allylic oxidation sites excluding steroid dienone is 1. The standard InChI is InChI=1S/C22H17N3O3/c1-2-7-15-8-3-4-11-18(15)20(26)23-17-10-5-9-16(14-17)21-24-25-22(28-21)19-12-6-13-27-19/h2-14H,1H3,(H,23,26)/b7-2-. The molecule has 2 aromatic carbocycles. The third-order valence-corrected chi connectivity index (χ3v) is 4.08. The van der Waals surface area contributed by atoms with E-state index < -0.39 is 0 Å². The largest absolute Gasteiger partial charge is 0.459 e. The van der Waals surface area contributed by atoms with Crippen LogP contribution in [-0.2, 0) is 0 Å². The van der Waals surface area contributed by atoms with E-state index in [0.717, 1.165) is 5.56 Å². The molecule has 0 spiro atoms. The van der Waals surface area contributed by atoms with E-state index in [1.54, 1.807) is 30.5 Å². The van der Waals surface area contributed by atoms with Crippen molar-refractivity contribution >= 4 is 17.7 Å². The predicted molar refractivity (Wildman–Crippen MR) is 107 cm³/mol. The highest BCUT2D eigenvalue weighted by Crippen LogP contribution is 2.26. The molecule has 0 aliphatic carbocycles. The summed E-state index contributed by atoms with van der Waals surface area (Å²) in [7, 11) is 0. The third-order valence-electron chi connectivity index (χ3n) is 4.08. The second-order valence-electron chi connectivity index (χ2n) is 6.01. The van der Waals surface area contributed by atoms with E-state index in [0.29, 0.717) is 34.4 Å². The molecule has 6 heteroatoms. The number of hydrogen-bond donors (Lipinski definition) is 1. The minimum absolute atomic E-state index is 0.187. The Balaban J connectivity index is 1.57. The molecule has 4 aromatic rings. The fourth-order valence-corrected chi connectivity index (χ4v) is 2.80. The van der Waals surface area contributed by atoms with Crippen molar-refractivity contribution in [2.45, 2.75) is 6.92 Å². The van der Waals surface area contributed by atoms with Crippen molar-refractivity contribution in [3.63, 3.8) is 0 Å². The highest BCUT2D eigenvalue weighted by Gasteiger charge is 2.14. The van der Waals surface area contributed by atoms with Gasteiger partial charge in [0.15, 0.2) is 5.76 Å². The van der Waals surface area contributed by atoms with Crippen LogP contribution >= 0.6 is 0 Å². The van der Waals surface area contributed by atoms with Gasteiger partial charge in [-0.05, 0) is 48.9 Å². The monoisotopic (exact) mass is 371 g/mol. The summed E-state index contributed by atoms with van der Waals surface area (Å²) in [5, 5.41) is 11.0. The Bertz CT molecular complexity index is 1130. The van der Waals surface area contributed by atoms with Gasteiger partial charge in [-0.2, -0.15) is 0 Å². The van der Waals surface area contributed by atoms with Crippen LogP contribution in [0.4, 0.5) is 5.69 Å². The Morgan fingerprint density at radius 3 is 2.68 bits per heavy atom. The number of rotatable bonds is 5. The van der Waals surface area contributed by atoms with Gasteiger partial charge < -0.3 is 14.2 Å². The molecule has 0 aliphatic rings. The maximum absolute atomic E-state index is 12.7. The van der Waals surface area contributed by atoms with Gasteiger partial charge in [-0.25, -0.2) is 0 Å². The molecule has 6 nitrogen and oxygen atoms in total. The van der Waals surface area contributed by atoms with E-state index in [1.807, 2.05) is 55.5 Å². The van der Waals surface area contributed by atoms with Crippen LogP contribution in [0.15, 0.2) is 81.8 Å². The predicted octanol–water partition coefficient (Wildman–Crippen LogP) is 5.28. The number of anilines is 1. The molecule has 0 fully saturated rings. The first kappa shape index (κ1) is 17.5. The number of aromatic nitrogens is 2. The molecular weight excluding hydrogens is 354 g/mol. The maximum Gasteiger partial charge on any atom is 0.283 e. The van der Waals surface area contributed by atoms with Crippen molar-refractivity contribution in [2.75, 3.05) is 5.32 Å². The van der Waals surface area contributed by atoms with Crippen molar-refractivity contribution < 1.29 is 13.6 Å². The maximum atomic E-state index is 12.7. The van der Waals surface area contributed by atoms with E-state index in [-0.39, 0.29) is 5.91 Å². The molecule has 0 aliphatic heterocycles. The molecule has 0 radical (unpaired) electrons. The lowest BCUT2D eigenvalue weighted by Gasteiger charge is -2.08. The van der Waals surface area contributed by atoms with Gasteiger partial charge in [-0.15, -0.1) is 10.2 Å². The second kappa shape index (κ2) is 7.75. The van der Waals surface area contributed by atoms with Gasteiger partial charge in [0.05, 0.1) is 6.26 Å². The number of benzene rings is 2. The summed E-state index contributed by atoms with van der Waals surface area (Å²) in [5.41, 5.74) is 2.79. The van der Waals surface area contributed by atoms with E-state index in [1.165, 1.54) is 0 Å². The van der Waals surface area contributed by atoms with Crippen LogP contribution in [0.3, 0.4) is 0 Å².